The van der Waals surface area contributed by atoms with Crippen LogP contribution in [0.4, 0.5) is 0 Å². The molecule has 20 heavy (non-hydrogen) atoms. The fourth-order valence-electron chi connectivity index (χ4n) is 2.98. The van der Waals surface area contributed by atoms with Crippen LogP contribution in [0.2, 0.25) is 5.02 Å². The normalized spacial score (nSPS) is 24.6. The summed E-state index contributed by atoms with van der Waals surface area (Å²) in [6.07, 6.45) is 3.69. The number of aromatic nitrogens is 2. The Morgan fingerprint density at radius 1 is 1.40 bits per heavy atom. The lowest BCUT2D eigenvalue weighted by atomic mass is 10.1. The van der Waals surface area contributed by atoms with E-state index < -0.39 is 6.61 Å². The van der Waals surface area contributed by atoms with Gasteiger partial charge in [0.05, 0.1) is 6.20 Å². The number of halogens is 1. The Morgan fingerprint density at radius 2 is 2.15 bits per heavy atom. The van der Waals surface area contributed by atoms with Gasteiger partial charge in [-0.25, -0.2) is 0 Å². The Hall–Kier alpha value is -1.65. The standard InChI is InChI=1S/C15H15ClN2O2/c1-18-7-9(6-17-18)13-14(15(13)12(20)8-19)10-4-2-3-5-11(10)16/h2-7,13-15,19H,8H2,1H3/t13-,14-,15+/m1/s1. The molecule has 0 unspecified atom stereocenters. The number of carbonyl (C=O) groups is 1. The second kappa shape index (κ2) is 5.04. The third-order valence-electron chi connectivity index (χ3n) is 3.92. The van der Waals surface area contributed by atoms with Gasteiger partial charge in [0, 0.05) is 36.0 Å². The summed E-state index contributed by atoms with van der Waals surface area (Å²) >= 11 is 6.24. The maximum Gasteiger partial charge on any atom is 0.162 e. The molecule has 4 nitrogen and oxygen atoms in total. The molecule has 1 aromatic carbocycles. The molecule has 104 valence electrons. The van der Waals surface area contributed by atoms with E-state index in [9.17, 15) is 4.79 Å². The van der Waals surface area contributed by atoms with Crippen LogP contribution in [-0.2, 0) is 11.8 Å². The maximum atomic E-state index is 11.9. The second-order valence-corrected chi connectivity index (χ2v) is 5.58. The van der Waals surface area contributed by atoms with Crippen LogP contribution in [0.3, 0.4) is 0 Å². The highest BCUT2D eigenvalue weighted by Gasteiger charge is 2.56. The van der Waals surface area contributed by atoms with Crippen molar-refractivity contribution in [1.82, 2.24) is 9.78 Å². The minimum absolute atomic E-state index is 0.0348. The van der Waals surface area contributed by atoms with Crippen LogP contribution < -0.4 is 0 Å². The van der Waals surface area contributed by atoms with Crippen LogP contribution in [0.25, 0.3) is 0 Å². The number of aliphatic hydroxyl groups is 1. The van der Waals surface area contributed by atoms with Crippen LogP contribution in [0.5, 0.6) is 0 Å². The molecule has 0 saturated heterocycles. The molecule has 0 radical (unpaired) electrons. The molecule has 1 heterocycles. The highest BCUT2D eigenvalue weighted by molar-refractivity contribution is 6.31. The SMILES string of the molecule is Cn1cc([C@H]2[C@H](C(=O)CO)[C@@H]2c2ccccc2Cl)cn1. The number of carbonyl (C=O) groups excluding carboxylic acids is 1. The van der Waals surface area contributed by atoms with Crippen molar-refractivity contribution in [2.45, 2.75) is 11.8 Å². The summed E-state index contributed by atoms with van der Waals surface area (Å²) < 4.78 is 1.72. The van der Waals surface area contributed by atoms with Gasteiger partial charge in [-0.2, -0.15) is 5.10 Å². The summed E-state index contributed by atoms with van der Waals surface area (Å²) in [5.74, 6) is -0.247. The summed E-state index contributed by atoms with van der Waals surface area (Å²) in [6.45, 7) is -0.428. The van der Waals surface area contributed by atoms with E-state index in [1.807, 2.05) is 37.5 Å². The Kier molecular flexibility index (Phi) is 3.36. The quantitative estimate of drug-likeness (QED) is 0.938. The van der Waals surface area contributed by atoms with Crippen molar-refractivity contribution in [2.75, 3.05) is 6.61 Å². The predicted octanol–water partition coefficient (Wildman–Crippen LogP) is 2.13. The molecule has 1 aromatic heterocycles. The molecule has 0 bridgehead atoms. The van der Waals surface area contributed by atoms with Crippen molar-refractivity contribution in [1.29, 1.82) is 0 Å². The number of rotatable bonds is 4. The van der Waals surface area contributed by atoms with Gasteiger partial charge in [-0.05, 0) is 17.2 Å². The molecule has 0 aliphatic heterocycles. The van der Waals surface area contributed by atoms with E-state index in [0.717, 1.165) is 11.1 Å². The molecule has 2 aromatic rings. The number of hydrogen-bond acceptors (Lipinski definition) is 3. The lowest BCUT2D eigenvalue weighted by Gasteiger charge is -2.02. The fourth-order valence-corrected chi connectivity index (χ4v) is 3.24. The lowest BCUT2D eigenvalue weighted by molar-refractivity contribution is -0.123. The maximum absolute atomic E-state index is 11.9. The highest BCUT2D eigenvalue weighted by atomic mass is 35.5. The number of Topliss-reactive ketones (excluding diaryl/α,β-unsaturated/α-hetero) is 1. The molecule has 0 amide bonds. The first-order valence-corrected chi connectivity index (χ1v) is 6.88. The first kappa shape index (κ1) is 13.3. The van der Waals surface area contributed by atoms with E-state index in [1.165, 1.54) is 0 Å². The number of aryl methyl sites for hydroxylation is 1. The molecule has 1 N–H and O–H groups in total. The van der Waals surface area contributed by atoms with Gasteiger partial charge in [0.2, 0.25) is 0 Å². The van der Waals surface area contributed by atoms with E-state index in [1.54, 1.807) is 10.9 Å². The number of nitrogens with zero attached hydrogens (tertiary/aromatic N) is 2. The highest BCUT2D eigenvalue weighted by Crippen LogP contribution is 2.61. The molecular weight excluding hydrogens is 276 g/mol. The number of aliphatic hydroxyl groups excluding tert-OH is 1. The molecule has 5 heteroatoms. The van der Waals surface area contributed by atoms with Gasteiger partial charge in [-0.1, -0.05) is 29.8 Å². The van der Waals surface area contributed by atoms with E-state index >= 15 is 0 Å². The lowest BCUT2D eigenvalue weighted by Crippen LogP contribution is -2.08. The van der Waals surface area contributed by atoms with Crippen molar-refractivity contribution in [3.8, 4) is 0 Å². The van der Waals surface area contributed by atoms with Gasteiger partial charge in [0.25, 0.3) is 0 Å². The molecule has 3 atom stereocenters. The zero-order valence-electron chi connectivity index (χ0n) is 11.0. The Balaban J connectivity index is 1.97. The summed E-state index contributed by atoms with van der Waals surface area (Å²) in [4.78, 5) is 11.9. The van der Waals surface area contributed by atoms with Crippen molar-refractivity contribution in [3.05, 3.63) is 52.8 Å². The molecule has 1 saturated carbocycles. The summed E-state index contributed by atoms with van der Waals surface area (Å²) in [5, 5.41) is 14.0. The van der Waals surface area contributed by atoms with Crippen molar-refractivity contribution in [3.63, 3.8) is 0 Å². The average Bonchev–Trinajstić information content (AvgIpc) is 3.04. The Labute approximate surface area is 122 Å². The number of hydrogen-bond donors (Lipinski definition) is 1. The summed E-state index contributed by atoms with van der Waals surface area (Å²) in [5.41, 5.74) is 1.99. The smallest absolute Gasteiger partial charge is 0.162 e. The monoisotopic (exact) mass is 290 g/mol. The summed E-state index contributed by atoms with van der Waals surface area (Å²) in [7, 11) is 1.85. The fraction of sp³-hybridized carbons (Fsp3) is 0.333. The van der Waals surface area contributed by atoms with Gasteiger partial charge in [-0.3, -0.25) is 9.48 Å². The molecule has 3 rings (SSSR count). The Bertz CT molecular complexity index is 653. The second-order valence-electron chi connectivity index (χ2n) is 5.17. The van der Waals surface area contributed by atoms with Crippen molar-refractivity contribution >= 4 is 17.4 Å². The number of ketones is 1. The van der Waals surface area contributed by atoms with Gasteiger partial charge in [-0.15, -0.1) is 0 Å². The molecule has 1 fully saturated rings. The van der Waals surface area contributed by atoms with E-state index in [0.29, 0.717) is 5.02 Å². The topological polar surface area (TPSA) is 55.1 Å². The third kappa shape index (κ3) is 2.15. The zero-order chi connectivity index (χ0) is 14.3. The molecule has 0 spiro atoms. The largest absolute Gasteiger partial charge is 0.389 e. The van der Waals surface area contributed by atoms with Crippen LogP contribution in [0.15, 0.2) is 36.7 Å². The first-order valence-electron chi connectivity index (χ1n) is 6.50. The van der Waals surface area contributed by atoms with Gasteiger partial charge >= 0.3 is 0 Å². The third-order valence-corrected chi connectivity index (χ3v) is 4.27. The minimum Gasteiger partial charge on any atom is -0.389 e. The first-order chi connectivity index (χ1) is 9.63. The van der Waals surface area contributed by atoms with Gasteiger partial charge in [0.1, 0.15) is 6.61 Å². The van der Waals surface area contributed by atoms with Crippen molar-refractivity contribution in [2.24, 2.45) is 13.0 Å². The van der Waals surface area contributed by atoms with Crippen LogP contribution in [0, 0.1) is 5.92 Å². The van der Waals surface area contributed by atoms with Crippen LogP contribution >= 0.6 is 11.6 Å². The van der Waals surface area contributed by atoms with Crippen LogP contribution in [0.1, 0.15) is 23.0 Å². The predicted molar refractivity (Wildman–Crippen MR) is 75.7 cm³/mol. The summed E-state index contributed by atoms with van der Waals surface area (Å²) in [6, 6.07) is 7.56. The van der Waals surface area contributed by atoms with Gasteiger partial charge in [0.15, 0.2) is 5.78 Å². The van der Waals surface area contributed by atoms with Crippen LogP contribution in [-0.4, -0.2) is 27.3 Å². The van der Waals surface area contributed by atoms with E-state index in [-0.39, 0.29) is 23.5 Å². The molecular formula is C15H15ClN2O2. The van der Waals surface area contributed by atoms with Gasteiger partial charge < -0.3 is 5.11 Å². The molecule has 1 aliphatic carbocycles. The molecule has 1 aliphatic rings. The Morgan fingerprint density at radius 3 is 2.75 bits per heavy atom. The number of benzene rings is 1. The van der Waals surface area contributed by atoms with E-state index in [4.69, 9.17) is 16.7 Å². The average molecular weight is 291 g/mol. The van der Waals surface area contributed by atoms with Crippen molar-refractivity contribution < 1.29 is 9.90 Å². The van der Waals surface area contributed by atoms with E-state index in [2.05, 4.69) is 5.10 Å². The minimum atomic E-state index is -0.428. The zero-order valence-corrected chi connectivity index (χ0v) is 11.8.